The number of pyridine rings is 1. The zero-order valence-corrected chi connectivity index (χ0v) is 10.9. The molecule has 0 saturated carbocycles. The highest BCUT2D eigenvalue weighted by atomic mass is 35.5. The van der Waals surface area contributed by atoms with E-state index in [0.717, 1.165) is 30.8 Å². The van der Waals surface area contributed by atoms with Crippen molar-refractivity contribution in [2.45, 2.75) is 25.6 Å². The van der Waals surface area contributed by atoms with E-state index in [9.17, 15) is 4.79 Å². The molecule has 1 fully saturated rings. The lowest BCUT2D eigenvalue weighted by molar-refractivity contribution is 0.0686. The number of aryl methyl sites for hydroxylation is 1. The second-order valence-electron chi connectivity index (χ2n) is 4.72. The Morgan fingerprint density at radius 1 is 1.59 bits per heavy atom. The van der Waals surface area contributed by atoms with Crippen LogP contribution in [-0.2, 0) is 0 Å². The molecule has 1 aromatic rings. The number of alkyl halides is 1. The minimum absolute atomic E-state index is 0.0888. The zero-order valence-electron chi connectivity index (χ0n) is 10.2. The Labute approximate surface area is 107 Å². The third kappa shape index (κ3) is 2.78. The lowest BCUT2D eigenvalue weighted by Gasteiger charge is -2.34. The summed E-state index contributed by atoms with van der Waals surface area (Å²) in [4.78, 5) is 18.2. The highest BCUT2D eigenvalue weighted by Gasteiger charge is 2.27. The van der Waals surface area contributed by atoms with Crippen LogP contribution in [0.4, 0.5) is 0 Å². The Balaban J connectivity index is 2.10. The van der Waals surface area contributed by atoms with Crippen molar-refractivity contribution in [1.29, 1.82) is 0 Å². The fourth-order valence-corrected chi connectivity index (χ4v) is 2.34. The Hall–Kier alpha value is -1.09. The summed E-state index contributed by atoms with van der Waals surface area (Å²) < 4.78 is 0. The first-order valence-corrected chi connectivity index (χ1v) is 6.37. The lowest BCUT2D eigenvalue weighted by Crippen LogP contribution is -2.43. The van der Waals surface area contributed by atoms with E-state index in [0.29, 0.717) is 5.92 Å². The van der Waals surface area contributed by atoms with Gasteiger partial charge in [0.1, 0.15) is 0 Å². The van der Waals surface area contributed by atoms with Gasteiger partial charge in [0.15, 0.2) is 0 Å². The summed E-state index contributed by atoms with van der Waals surface area (Å²) in [6.45, 7) is 5.48. The third-order valence-corrected chi connectivity index (χ3v) is 3.88. The van der Waals surface area contributed by atoms with E-state index in [1.165, 1.54) is 0 Å². The van der Waals surface area contributed by atoms with E-state index in [-0.39, 0.29) is 11.3 Å². The summed E-state index contributed by atoms with van der Waals surface area (Å²) in [5.74, 6) is 0.447. The minimum atomic E-state index is 0.0888. The first-order chi connectivity index (χ1) is 8.08. The predicted octanol–water partition coefficient (Wildman–Crippen LogP) is 2.48. The van der Waals surface area contributed by atoms with Crippen LogP contribution < -0.4 is 0 Å². The lowest BCUT2D eigenvalue weighted by atomic mass is 9.99. The first-order valence-electron chi connectivity index (χ1n) is 5.94. The molecule has 0 spiro atoms. The van der Waals surface area contributed by atoms with Crippen LogP contribution in [0, 0.1) is 12.8 Å². The first kappa shape index (κ1) is 12.4. The van der Waals surface area contributed by atoms with Gasteiger partial charge >= 0.3 is 0 Å². The molecule has 2 unspecified atom stereocenters. The maximum Gasteiger partial charge on any atom is 0.253 e. The monoisotopic (exact) mass is 252 g/mol. The SMILES string of the molecule is Cc1cc(C(=O)N2CCC(Cl)C(C)C2)ccn1. The number of piperidine rings is 1. The number of likely N-dealkylation sites (tertiary alicyclic amines) is 1. The van der Waals surface area contributed by atoms with E-state index in [1.807, 2.05) is 17.9 Å². The molecular weight excluding hydrogens is 236 g/mol. The third-order valence-electron chi connectivity index (χ3n) is 3.23. The van der Waals surface area contributed by atoms with Crippen LogP contribution in [0.15, 0.2) is 18.3 Å². The molecule has 0 aliphatic carbocycles. The molecule has 0 aromatic carbocycles. The highest BCUT2D eigenvalue weighted by Crippen LogP contribution is 2.23. The van der Waals surface area contributed by atoms with E-state index in [2.05, 4.69) is 11.9 Å². The summed E-state index contributed by atoms with van der Waals surface area (Å²) in [6.07, 6.45) is 2.55. The maximum atomic E-state index is 12.3. The van der Waals surface area contributed by atoms with Crippen molar-refractivity contribution in [2.75, 3.05) is 13.1 Å². The van der Waals surface area contributed by atoms with Crippen molar-refractivity contribution in [3.8, 4) is 0 Å². The number of rotatable bonds is 1. The fraction of sp³-hybridized carbons (Fsp3) is 0.538. The number of nitrogens with zero attached hydrogens (tertiary/aromatic N) is 2. The second kappa shape index (κ2) is 5.05. The van der Waals surface area contributed by atoms with Gasteiger partial charge in [-0.1, -0.05) is 6.92 Å². The number of hydrogen-bond donors (Lipinski definition) is 0. The van der Waals surface area contributed by atoms with Crippen LogP contribution in [0.5, 0.6) is 0 Å². The minimum Gasteiger partial charge on any atom is -0.338 e. The van der Waals surface area contributed by atoms with Crippen molar-refractivity contribution >= 4 is 17.5 Å². The quantitative estimate of drug-likeness (QED) is 0.720. The normalized spacial score (nSPS) is 24.8. The second-order valence-corrected chi connectivity index (χ2v) is 5.28. The number of hydrogen-bond acceptors (Lipinski definition) is 2. The zero-order chi connectivity index (χ0) is 12.4. The average Bonchev–Trinajstić information content (AvgIpc) is 2.32. The molecule has 4 heteroatoms. The molecule has 92 valence electrons. The van der Waals surface area contributed by atoms with Gasteiger partial charge < -0.3 is 4.90 Å². The van der Waals surface area contributed by atoms with Crippen molar-refractivity contribution in [1.82, 2.24) is 9.88 Å². The van der Waals surface area contributed by atoms with Gasteiger partial charge in [0, 0.05) is 35.9 Å². The van der Waals surface area contributed by atoms with Crippen LogP contribution in [0.3, 0.4) is 0 Å². The molecule has 1 aromatic heterocycles. The van der Waals surface area contributed by atoms with E-state index in [4.69, 9.17) is 11.6 Å². The van der Waals surface area contributed by atoms with Crippen LogP contribution >= 0.6 is 11.6 Å². The number of carbonyl (C=O) groups is 1. The van der Waals surface area contributed by atoms with Crippen LogP contribution in [0.1, 0.15) is 29.4 Å². The fourth-order valence-electron chi connectivity index (χ4n) is 2.16. The molecule has 2 rings (SSSR count). The summed E-state index contributed by atoms with van der Waals surface area (Å²) in [5.41, 5.74) is 1.59. The average molecular weight is 253 g/mol. The Kier molecular flexibility index (Phi) is 3.67. The van der Waals surface area contributed by atoms with Crippen LogP contribution in [0.25, 0.3) is 0 Å². The van der Waals surface area contributed by atoms with Crippen molar-refractivity contribution in [2.24, 2.45) is 5.92 Å². The molecule has 2 atom stereocenters. The van der Waals surface area contributed by atoms with Crippen molar-refractivity contribution in [3.05, 3.63) is 29.6 Å². The summed E-state index contributed by atoms with van der Waals surface area (Å²) in [6, 6.07) is 3.60. The van der Waals surface area contributed by atoms with Gasteiger partial charge in [-0.2, -0.15) is 0 Å². The van der Waals surface area contributed by atoms with E-state index < -0.39 is 0 Å². The summed E-state index contributed by atoms with van der Waals surface area (Å²) in [5, 5.41) is 0.193. The molecule has 1 aliphatic rings. The molecule has 2 heterocycles. The van der Waals surface area contributed by atoms with Crippen molar-refractivity contribution < 1.29 is 4.79 Å². The number of aromatic nitrogens is 1. The molecular formula is C13H17ClN2O. The van der Waals surface area contributed by atoms with E-state index >= 15 is 0 Å². The van der Waals surface area contributed by atoms with Gasteiger partial charge in [0.2, 0.25) is 0 Å². The number of halogens is 1. The molecule has 0 radical (unpaired) electrons. The van der Waals surface area contributed by atoms with Gasteiger partial charge in [-0.05, 0) is 31.4 Å². The van der Waals surface area contributed by atoms with Gasteiger partial charge in [0.05, 0.1) is 0 Å². The molecule has 1 aliphatic heterocycles. The summed E-state index contributed by atoms with van der Waals surface area (Å²) in [7, 11) is 0. The molecule has 3 nitrogen and oxygen atoms in total. The van der Waals surface area contributed by atoms with Gasteiger partial charge in [-0.3, -0.25) is 9.78 Å². The summed E-state index contributed by atoms with van der Waals surface area (Å²) >= 11 is 6.16. The largest absolute Gasteiger partial charge is 0.338 e. The van der Waals surface area contributed by atoms with Gasteiger partial charge in [-0.25, -0.2) is 0 Å². The Morgan fingerprint density at radius 3 is 3.00 bits per heavy atom. The Bertz CT molecular complexity index is 422. The molecule has 17 heavy (non-hydrogen) atoms. The van der Waals surface area contributed by atoms with Crippen molar-refractivity contribution in [3.63, 3.8) is 0 Å². The van der Waals surface area contributed by atoms with Gasteiger partial charge in [-0.15, -0.1) is 11.6 Å². The number of carbonyl (C=O) groups excluding carboxylic acids is 1. The maximum absolute atomic E-state index is 12.3. The highest BCUT2D eigenvalue weighted by molar-refractivity contribution is 6.20. The smallest absolute Gasteiger partial charge is 0.253 e. The van der Waals surface area contributed by atoms with Crippen LogP contribution in [-0.4, -0.2) is 34.3 Å². The molecule has 0 bridgehead atoms. The Morgan fingerprint density at radius 2 is 2.35 bits per heavy atom. The van der Waals surface area contributed by atoms with Crippen LogP contribution in [0.2, 0.25) is 0 Å². The predicted molar refractivity (Wildman–Crippen MR) is 68.3 cm³/mol. The number of amides is 1. The van der Waals surface area contributed by atoms with Gasteiger partial charge in [0.25, 0.3) is 5.91 Å². The standard InChI is InChI=1S/C13H17ClN2O/c1-9-8-16(6-4-12(9)14)13(17)11-3-5-15-10(2)7-11/h3,5,7,9,12H,4,6,8H2,1-2H3. The molecule has 1 amide bonds. The molecule has 1 saturated heterocycles. The van der Waals surface area contributed by atoms with E-state index in [1.54, 1.807) is 12.3 Å². The molecule has 0 N–H and O–H groups in total. The topological polar surface area (TPSA) is 33.2 Å².